The first-order chi connectivity index (χ1) is 10.7. The normalized spacial score (nSPS) is 19.8. The van der Waals surface area contributed by atoms with Crippen LogP contribution in [0.4, 0.5) is 0 Å². The molecule has 6 heteroatoms. The van der Waals surface area contributed by atoms with Gasteiger partial charge in [0, 0.05) is 25.0 Å². The van der Waals surface area contributed by atoms with Crippen LogP contribution >= 0.6 is 11.3 Å². The van der Waals surface area contributed by atoms with Crippen molar-refractivity contribution >= 4 is 17.2 Å². The molecule has 0 spiro atoms. The number of nitrogens with one attached hydrogen (secondary N) is 1. The highest BCUT2D eigenvalue weighted by atomic mass is 32.1. The maximum Gasteiger partial charge on any atom is 0.285 e. The van der Waals surface area contributed by atoms with Gasteiger partial charge in [-0.25, -0.2) is 10.3 Å². The highest BCUT2D eigenvalue weighted by molar-refractivity contribution is 7.14. The van der Waals surface area contributed by atoms with Crippen molar-refractivity contribution in [3.05, 3.63) is 21.9 Å². The lowest BCUT2D eigenvalue weighted by Gasteiger charge is -2.21. The molecule has 22 heavy (non-hydrogen) atoms. The third kappa shape index (κ3) is 5.68. The standard InChI is InChI=1S/C16H25NO4S/c1-12(19-2)6-5-7-13-9-10-14(22-13)16(18)17-21-15-8-3-4-11-20-15/h9-10,12,15H,3-8,11H2,1-2H3,(H,17,18). The molecule has 2 heterocycles. The minimum atomic E-state index is -0.312. The Morgan fingerprint density at radius 1 is 1.50 bits per heavy atom. The molecular formula is C16H25NO4S. The van der Waals surface area contributed by atoms with Crippen molar-refractivity contribution in [3.8, 4) is 0 Å². The second kappa shape index (κ2) is 9.25. The maximum atomic E-state index is 12.0. The van der Waals surface area contributed by atoms with E-state index in [4.69, 9.17) is 14.3 Å². The number of rotatable bonds is 8. The lowest BCUT2D eigenvalue weighted by molar-refractivity contribution is -0.186. The molecular weight excluding hydrogens is 302 g/mol. The quantitative estimate of drug-likeness (QED) is 0.744. The van der Waals surface area contributed by atoms with E-state index < -0.39 is 0 Å². The average Bonchev–Trinajstić information content (AvgIpc) is 3.02. The molecule has 2 unspecified atom stereocenters. The van der Waals surface area contributed by atoms with Gasteiger partial charge in [-0.2, -0.15) is 0 Å². The number of hydrogen-bond acceptors (Lipinski definition) is 5. The summed E-state index contributed by atoms with van der Waals surface area (Å²) in [6.45, 7) is 2.77. The van der Waals surface area contributed by atoms with E-state index in [1.165, 1.54) is 16.2 Å². The third-order valence-electron chi connectivity index (χ3n) is 3.74. The number of methoxy groups -OCH3 is 1. The summed E-state index contributed by atoms with van der Waals surface area (Å²) in [5.41, 5.74) is 2.49. The molecule has 1 amide bonds. The molecule has 0 bridgehead atoms. The third-order valence-corrected chi connectivity index (χ3v) is 4.89. The maximum absolute atomic E-state index is 12.0. The van der Waals surface area contributed by atoms with E-state index in [0.717, 1.165) is 38.5 Å². The van der Waals surface area contributed by atoms with Crippen molar-refractivity contribution < 1.29 is 19.1 Å². The highest BCUT2D eigenvalue weighted by Gasteiger charge is 2.17. The minimum Gasteiger partial charge on any atom is -0.382 e. The van der Waals surface area contributed by atoms with Crippen molar-refractivity contribution in [2.24, 2.45) is 0 Å². The first-order valence-corrected chi connectivity index (χ1v) is 8.70. The molecule has 1 aromatic rings. The number of amides is 1. The lowest BCUT2D eigenvalue weighted by Crippen LogP contribution is -2.32. The molecule has 0 saturated carbocycles. The Balaban J connectivity index is 1.71. The second-order valence-corrected chi connectivity index (χ2v) is 6.72. The summed E-state index contributed by atoms with van der Waals surface area (Å²) in [5, 5.41) is 0. The molecule has 1 aliphatic heterocycles. The zero-order chi connectivity index (χ0) is 15.8. The minimum absolute atomic E-state index is 0.198. The number of hydroxylamine groups is 1. The predicted octanol–water partition coefficient (Wildman–Crippen LogP) is 3.29. The average molecular weight is 327 g/mol. The second-order valence-electron chi connectivity index (χ2n) is 5.55. The van der Waals surface area contributed by atoms with Crippen molar-refractivity contribution in [2.45, 2.75) is 57.8 Å². The van der Waals surface area contributed by atoms with Crippen molar-refractivity contribution in [1.82, 2.24) is 5.48 Å². The van der Waals surface area contributed by atoms with Crippen LogP contribution in [0.1, 0.15) is 53.6 Å². The van der Waals surface area contributed by atoms with Crippen LogP contribution in [0, 0.1) is 0 Å². The van der Waals surface area contributed by atoms with E-state index >= 15 is 0 Å². The van der Waals surface area contributed by atoms with Gasteiger partial charge in [-0.1, -0.05) is 0 Å². The Morgan fingerprint density at radius 2 is 2.36 bits per heavy atom. The first kappa shape index (κ1) is 17.4. The molecule has 0 aliphatic carbocycles. The molecule has 1 saturated heterocycles. The Morgan fingerprint density at radius 3 is 3.09 bits per heavy atom. The van der Waals surface area contributed by atoms with Gasteiger partial charge >= 0.3 is 0 Å². The molecule has 1 N–H and O–H groups in total. The van der Waals surface area contributed by atoms with E-state index in [9.17, 15) is 4.79 Å². The Bertz CT molecular complexity index is 457. The van der Waals surface area contributed by atoms with Crippen LogP contribution in [-0.2, 0) is 20.7 Å². The van der Waals surface area contributed by atoms with E-state index in [-0.39, 0.29) is 18.3 Å². The van der Waals surface area contributed by atoms with E-state index in [1.807, 2.05) is 12.1 Å². The van der Waals surface area contributed by atoms with Gasteiger partial charge < -0.3 is 9.47 Å². The van der Waals surface area contributed by atoms with Gasteiger partial charge in [-0.3, -0.25) is 4.79 Å². The van der Waals surface area contributed by atoms with Gasteiger partial charge in [0.25, 0.3) is 5.91 Å². The van der Waals surface area contributed by atoms with Crippen LogP contribution in [-0.4, -0.2) is 32.0 Å². The number of ether oxygens (including phenoxy) is 2. The van der Waals surface area contributed by atoms with Crippen LogP contribution in [0.5, 0.6) is 0 Å². The number of aryl methyl sites for hydroxylation is 1. The summed E-state index contributed by atoms with van der Waals surface area (Å²) in [4.78, 5) is 19.2. The number of thiophene rings is 1. The molecule has 0 aromatic carbocycles. The lowest BCUT2D eigenvalue weighted by atomic mass is 10.1. The summed E-state index contributed by atoms with van der Waals surface area (Å²) in [5.74, 6) is -0.198. The molecule has 1 fully saturated rings. The van der Waals surface area contributed by atoms with Gasteiger partial charge in [0.15, 0.2) is 6.29 Å². The van der Waals surface area contributed by atoms with Crippen molar-refractivity contribution in [3.63, 3.8) is 0 Å². The van der Waals surface area contributed by atoms with E-state index in [2.05, 4.69) is 12.4 Å². The summed E-state index contributed by atoms with van der Waals surface area (Å²) >= 11 is 1.51. The van der Waals surface area contributed by atoms with E-state index in [1.54, 1.807) is 7.11 Å². The monoisotopic (exact) mass is 327 g/mol. The number of carbonyl (C=O) groups excluding carboxylic acids is 1. The summed E-state index contributed by atoms with van der Waals surface area (Å²) in [7, 11) is 1.73. The van der Waals surface area contributed by atoms with Crippen LogP contribution in [0.15, 0.2) is 12.1 Å². The highest BCUT2D eigenvalue weighted by Crippen LogP contribution is 2.20. The van der Waals surface area contributed by atoms with Gasteiger partial charge in [-0.05, 0) is 51.2 Å². The molecule has 2 rings (SSSR count). The van der Waals surface area contributed by atoms with Gasteiger partial charge in [0.1, 0.15) is 0 Å². The molecule has 0 radical (unpaired) electrons. The zero-order valence-electron chi connectivity index (χ0n) is 13.3. The Kier molecular flexibility index (Phi) is 7.32. The largest absolute Gasteiger partial charge is 0.382 e. The fourth-order valence-electron chi connectivity index (χ4n) is 2.29. The number of carbonyl (C=O) groups is 1. The molecule has 1 aliphatic rings. The van der Waals surface area contributed by atoms with E-state index in [0.29, 0.717) is 11.5 Å². The van der Waals surface area contributed by atoms with Crippen LogP contribution < -0.4 is 5.48 Å². The fourth-order valence-corrected chi connectivity index (χ4v) is 3.22. The first-order valence-electron chi connectivity index (χ1n) is 7.88. The van der Waals surface area contributed by atoms with Crippen LogP contribution in [0.25, 0.3) is 0 Å². The Hall–Kier alpha value is -0.950. The Labute approximate surface area is 135 Å². The molecule has 2 atom stereocenters. The summed E-state index contributed by atoms with van der Waals surface area (Å²) < 4.78 is 10.6. The predicted molar refractivity (Wildman–Crippen MR) is 85.9 cm³/mol. The smallest absolute Gasteiger partial charge is 0.285 e. The molecule has 5 nitrogen and oxygen atoms in total. The molecule has 1 aromatic heterocycles. The van der Waals surface area contributed by atoms with Gasteiger partial charge in [0.05, 0.1) is 11.0 Å². The number of hydrogen-bond donors (Lipinski definition) is 1. The van der Waals surface area contributed by atoms with Crippen LogP contribution in [0.2, 0.25) is 0 Å². The SMILES string of the molecule is COC(C)CCCc1ccc(C(=O)NOC2CCCCO2)s1. The van der Waals surface area contributed by atoms with Gasteiger partial charge in [-0.15, -0.1) is 11.3 Å². The van der Waals surface area contributed by atoms with Crippen LogP contribution in [0.3, 0.4) is 0 Å². The molecule has 124 valence electrons. The summed E-state index contributed by atoms with van der Waals surface area (Å²) in [6, 6.07) is 3.86. The van der Waals surface area contributed by atoms with Gasteiger partial charge in [0.2, 0.25) is 0 Å². The summed E-state index contributed by atoms with van der Waals surface area (Å²) in [6.07, 6.45) is 5.99. The van der Waals surface area contributed by atoms with Crippen molar-refractivity contribution in [2.75, 3.05) is 13.7 Å². The zero-order valence-corrected chi connectivity index (χ0v) is 14.1. The topological polar surface area (TPSA) is 56.8 Å². The van der Waals surface area contributed by atoms with Crippen molar-refractivity contribution in [1.29, 1.82) is 0 Å². The fraction of sp³-hybridized carbons (Fsp3) is 0.688.